The molecule has 0 aliphatic carbocycles. The molecule has 0 unspecified atom stereocenters. The summed E-state index contributed by atoms with van der Waals surface area (Å²) in [5, 5.41) is 0.994. The van der Waals surface area contributed by atoms with E-state index in [0.717, 1.165) is 34.0 Å². The third-order valence-corrected chi connectivity index (χ3v) is 5.05. The van der Waals surface area contributed by atoms with E-state index in [4.69, 9.17) is 9.47 Å². The third-order valence-electron chi connectivity index (χ3n) is 4.04. The molecule has 0 bridgehead atoms. The fourth-order valence-corrected chi connectivity index (χ4v) is 3.86. The lowest BCUT2D eigenvalue weighted by molar-refractivity contribution is 0.254. The van der Waals surface area contributed by atoms with E-state index in [-0.39, 0.29) is 6.10 Å². The summed E-state index contributed by atoms with van der Waals surface area (Å²) >= 11 is 1.69. The van der Waals surface area contributed by atoms with Crippen LogP contribution in [0.2, 0.25) is 0 Å². The molecule has 4 heteroatoms. The van der Waals surface area contributed by atoms with Crippen molar-refractivity contribution in [2.45, 2.75) is 26.4 Å². The largest absolute Gasteiger partial charge is 0.493 e. The monoisotopic (exact) mass is 337 g/mol. The molecule has 24 heavy (non-hydrogen) atoms. The maximum absolute atomic E-state index is 5.88. The Balaban J connectivity index is 1.68. The lowest BCUT2D eigenvalue weighted by atomic mass is 10.1. The maximum atomic E-state index is 5.88. The molecule has 2 heterocycles. The van der Waals surface area contributed by atoms with Crippen LogP contribution in [0.4, 0.5) is 0 Å². The van der Waals surface area contributed by atoms with Crippen LogP contribution < -0.4 is 9.47 Å². The van der Waals surface area contributed by atoms with Gasteiger partial charge >= 0.3 is 0 Å². The van der Waals surface area contributed by atoms with E-state index in [1.165, 1.54) is 10.3 Å². The van der Waals surface area contributed by atoms with Crippen molar-refractivity contribution in [2.24, 2.45) is 0 Å². The minimum atomic E-state index is 0.234. The highest BCUT2D eigenvalue weighted by Gasteiger charge is 2.21. The normalized spacial score (nSPS) is 16.5. The van der Waals surface area contributed by atoms with Crippen molar-refractivity contribution < 1.29 is 9.47 Å². The van der Waals surface area contributed by atoms with Gasteiger partial charge in [0.25, 0.3) is 0 Å². The van der Waals surface area contributed by atoms with E-state index in [0.29, 0.717) is 6.61 Å². The number of thiazole rings is 1. The fraction of sp³-hybridized carbons (Fsp3) is 0.250. The average molecular weight is 337 g/mol. The van der Waals surface area contributed by atoms with Crippen molar-refractivity contribution in [1.82, 2.24) is 4.98 Å². The van der Waals surface area contributed by atoms with Gasteiger partial charge in [-0.2, -0.15) is 0 Å². The minimum absolute atomic E-state index is 0.234. The molecular formula is C20H19NO2S. The zero-order valence-corrected chi connectivity index (χ0v) is 14.6. The van der Waals surface area contributed by atoms with Crippen LogP contribution in [0, 0.1) is 0 Å². The van der Waals surface area contributed by atoms with Crippen LogP contribution in [-0.2, 0) is 6.42 Å². The van der Waals surface area contributed by atoms with Gasteiger partial charge in [0.15, 0.2) is 0 Å². The molecule has 0 saturated heterocycles. The molecule has 3 nitrogen and oxygen atoms in total. The molecule has 2 aromatic carbocycles. The van der Waals surface area contributed by atoms with Crippen LogP contribution >= 0.6 is 11.3 Å². The Morgan fingerprint density at radius 1 is 1.29 bits per heavy atom. The summed E-state index contributed by atoms with van der Waals surface area (Å²) in [7, 11) is 0. The lowest BCUT2D eigenvalue weighted by Gasteiger charge is -2.09. The Morgan fingerprint density at radius 2 is 2.17 bits per heavy atom. The number of aromatic nitrogens is 1. The summed E-state index contributed by atoms with van der Waals surface area (Å²) in [6, 6.07) is 12.4. The smallest absolute Gasteiger partial charge is 0.127 e. The highest BCUT2D eigenvalue weighted by Crippen LogP contribution is 2.36. The molecule has 0 fully saturated rings. The molecule has 0 radical (unpaired) electrons. The first-order valence-corrected chi connectivity index (χ1v) is 9.04. The SMILES string of the molecule is CCOc1cc2c(cc1/C=C/c1nc3ccccc3s1)O[C@@H](C)C2. The van der Waals surface area contributed by atoms with Gasteiger partial charge in [-0.25, -0.2) is 4.98 Å². The predicted molar refractivity (Wildman–Crippen MR) is 100.0 cm³/mol. The number of fused-ring (bicyclic) bond motifs is 2. The Kier molecular flexibility index (Phi) is 3.98. The summed E-state index contributed by atoms with van der Waals surface area (Å²) in [4.78, 5) is 4.65. The highest BCUT2D eigenvalue weighted by atomic mass is 32.1. The molecular weight excluding hydrogens is 318 g/mol. The summed E-state index contributed by atoms with van der Waals surface area (Å²) in [6.45, 7) is 4.75. The highest BCUT2D eigenvalue weighted by molar-refractivity contribution is 7.19. The van der Waals surface area contributed by atoms with Gasteiger partial charge < -0.3 is 9.47 Å². The number of hydrogen-bond acceptors (Lipinski definition) is 4. The van der Waals surface area contributed by atoms with Crippen LogP contribution in [0.5, 0.6) is 11.5 Å². The standard InChI is InChI=1S/C20H19NO2S/c1-3-22-17-12-15-10-13(2)23-18(15)11-14(17)8-9-20-21-16-6-4-5-7-19(16)24-20/h4-9,11-13H,3,10H2,1-2H3/b9-8+/t13-/m0/s1. The van der Waals surface area contributed by atoms with Crippen molar-refractivity contribution in [3.8, 4) is 11.5 Å². The zero-order chi connectivity index (χ0) is 16.5. The predicted octanol–water partition coefficient (Wildman–Crippen LogP) is 5.19. The summed E-state index contributed by atoms with van der Waals surface area (Å²) in [5.41, 5.74) is 3.30. The minimum Gasteiger partial charge on any atom is -0.493 e. The maximum Gasteiger partial charge on any atom is 0.127 e. The molecule has 0 spiro atoms. The number of ether oxygens (including phenoxy) is 2. The number of nitrogens with zero attached hydrogens (tertiary/aromatic N) is 1. The number of para-hydroxylation sites is 1. The quantitative estimate of drug-likeness (QED) is 0.656. The van der Waals surface area contributed by atoms with Gasteiger partial charge in [0.2, 0.25) is 0 Å². The van der Waals surface area contributed by atoms with Crippen LogP contribution in [0.1, 0.15) is 30.0 Å². The van der Waals surface area contributed by atoms with Crippen LogP contribution in [0.3, 0.4) is 0 Å². The summed E-state index contributed by atoms with van der Waals surface area (Å²) in [6.07, 6.45) is 5.29. The molecule has 122 valence electrons. The van der Waals surface area contributed by atoms with Gasteiger partial charge in [0.1, 0.15) is 22.6 Å². The first-order valence-electron chi connectivity index (χ1n) is 8.23. The first-order chi connectivity index (χ1) is 11.7. The van der Waals surface area contributed by atoms with Crippen LogP contribution in [0.15, 0.2) is 36.4 Å². The van der Waals surface area contributed by atoms with Gasteiger partial charge in [0.05, 0.1) is 16.8 Å². The van der Waals surface area contributed by atoms with E-state index in [1.807, 2.05) is 31.2 Å². The van der Waals surface area contributed by atoms with Gasteiger partial charge in [-0.1, -0.05) is 12.1 Å². The van der Waals surface area contributed by atoms with Gasteiger partial charge in [-0.05, 0) is 50.3 Å². The van der Waals surface area contributed by atoms with Gasteiger partial charge in [-0.15, -0.1) is 11.3 Å². The lowest BCUT2D eigenvalue weighted by Crippen LogP contribution is -2.05. The first kappa shape index (κ1) is 15.2. The topological polar surface area (TPSA) is 31.4 Å². The van der Waals surface area contributed by atoms with Crippen LogP contribution in [0.25, 0.3) is 22.4 Å². The third kappa shape index (κ3) is 2.89. The van der Waals surface area contributed by atoms with Gasteiger partial charge in [0, 0.05) is 17.5 Å². The van der Waals surface area contributed by atoms with Crippen molar-refractivity contribution in [1.29, 1.82) is 0 Å². The van der Waals surface area contributed by atoms with Crippen molar-refractivity contribution >= 4 is 33.7 Å². The molecule has 0 N–H and O–H groups in total. The molecule has 4 rings (SSSR count). The molecule has 1 aliphatic heterocycles. The molecule has 1 aromatic heterocycles. The molecule has 1 aliphatic rings. The van der Waals surface area contributed by atoms with E-state index in [2.05, 4.69) is 36.2 Å². The fourth-order valence-electron chi connectivity index (χ4n) is 2.99. The number of hydrogen-bond donors (Lipinski definition) is 0. The average Bonchev–Trinajstić information content (AvgIpc) is 3.14. The van der Waals surface area contributed by atoms with Crippen molar-refractivity contribution in [3.63, 3.8) is 0 Å². The van der Waals surface area contributed by atoms with Crippen molar-refractivity contribution in [2.75, 3.05) is 6.61 Å². The Hall–Kier alpha value is -2.33. The van der Waals surface area contributed by atoms with E-state index >= 15 is 0 Å². The molecule has 3 aromatic rings. The van der Waals surface area contributed by atoms with Gasteiger partial charge in [-0.3, -0.25) is 0 Å². The molecule has 0 amide bonds. The second-order valence-electron chi connectivity index (χ2n) is 5.92. The van der Waals surface area contributed by atoms with E-state index in [9.17, 15) is 0 Å². The van der Waals surface area contributed by atoms with Crippen LogP contribution in [-0.4, -0.2) is 17.7 Å². The second-order valence-corrected chi connectivity index (χ2v) is 6.98. The molecule has 1 atom stereocenters. The Labute approximate surface area is 145 Å². The van der Waals surface area contributed by atoms with Crippen molar-refractivity contribution in [3.05, 3.63) is 52.5 Å². The molecule has 0 saturated carbocycles. The zero-order valence-electron chi connectivity index (χ0n) is 13.8. The number of benzene rings is 2. The van der Waals surface area contributed by atoms with E-state index in [1.54, 1.807) is 11.3 Å². The van der Waals surface area contributed by atoms with E-state index < -0.39 is 0 Å². The summed E-state index contributed by atoms with van der Waals surface area (Å²) in [5.74, 6) is 1.88. The number of rotatable bonds is 4. The Morgan fingerprint density at radius 3 is 3.00 bits per heavy atom. The second kappa shape index (κ2) is 6.29. The Bertz CT molecular complexity index is 880. The summed E-state index contributed by atoms with van der Waals surface area (Å²) < 4.78 is 12.9.